The van der Waals surface area contributed by atoms with E-state index in [0.717, 1.165) is 4.68 Å². The van der Waals surface area contributed by atoms with E-state index in [9.17, 15) is 14.8 Å². The standard InChI is InChI=1S/C13H16N4O4/c1-13(2,3)21-12(19)14-8-11(18)16-9-6-4-5-7-10(9)17(20)15-16/h4-7H,8H2,1-3H3,(H,14,19). The molecule has 1 heterocycles. The van der Waals surface area contributed by atoms with Crippen molar-refractivity contribution in [1.29, 1.82) is 0 Å². The zero-order valence-corrected chi connectivity index (χ0v) is 12.0. The van der Waals surface area contributed by atoms with Crippen molar-refractivity contribution in [3.8, 4) is 0 Å². The van der Waals surface area contributed by atoms with E-state index >= 15 is 0 Å². The molecular formula is C13H16N4O4. The van der Waals surface area contributed by atoms with Crippen LogP contribution in [-0.4, -0.2) is 34.0 Å². The Balaban J connectivity index is 2.08. The fraction of sp³-hybridized carbons (Fsp3) is 0.385. The maximum Gasteiger partial charge on any atom is 0.408 e. The number of amides is 1. The van der Waals surface area contributed by atoms with Crippen molar-refractivity contribution in [3.63, 3.8) is 0 Å². The number of para-hydroxylation sites is 2. The van der Waals surface area contributed by atoms with Crippen LogP contribution >= 0.6 is 0 Å². The molecular weight excluding hydrogens is 276 g/mol. The van der Waals surface area contributed by atoms with Gasteiger partial charge in [0, 0.05) is 0 Å². The number of carbonyl (C=O) groups is 2. The summed E-state index contributed by atoms with van der Waals surface area (Å²) in [5.41, 5.74) is 0.00966. The van der Waals surface area contributed by atoms with Gasteiger partial charge in [-0.3, -0.25) is 0 Å². The molecule has 8 heteroatoms. The van der Waals surface area contributed by atoms with E-state index in [-0.39, 0.29) is 12.1 Å². The Morgan fingerprint density at radius 2 is 2.05 bits per heavy atom. The predicted molar refractivity (Wildman–Crippen MR) is 73.6 cm³/mol. The molecule has 0 saturated carbocycles. The number of rotatable bonds is 2. The Morgan fingerprint density at radius 3 is 2.71 bits per heavy atom. The van der Waals surface area contributed by atoms with E-state index in [1.165, 1.54) is 0 Å². The fourth-order valence-electron chi connectivity index (χ4n) is 1.70. The number of carbonyl (C=O) groups excluding carboxylic acids is 2. The molecule has 1 amide bonds. The van der Waals surface area contributed by atoms with Gasteiger partial charge in [0.1, 0.15) is 17.4 Å². The van der Waals surface area contributed by atoms with Crippen LogP contribution < -0.4 is 10.2 Å². The second kappa shape index (κ2) is 5.39. The minimum atomic E-state index is -0.706. The number of hydrogen-bond acceptors (Lipinski definition) is 5. The molecule has 0 aliphatic heterocycles. The maximum atomic E-state index is 12.0. The van der Waals surface area contributed by atoms with Gasteiger partial charge < -0.3 is 15.3 Å². The summed E-state index contributed by atoms with van der Waals surface area (Å²) in [6, 6.07) is 6.52. The van der Waals surface area contributed by atoms with Gasteiger partial charge in [-0.2, -0.15) is 0 Å². The Morgan fingerprint density at radius 1 is 1.38 bits per heavy atom. The molecule has 0 unspecified atom stereocenters. The summed E-state index contributed by atoms with van der Waals surface area (Å²) in [5, 5.41) is 17.5. The summed E-state index contributed by atoms with van der Waals surface area (Å²) < 4.78 is 5.98. The molecule has 0 aliphatic rings. The molecule has 2 rings (SSSR count). The van der Waals surface area contributed by atoms with Crippen LogP contribution in [-0.2, 0) is 4.74 Å². The molecule has 0 radical (unpaired) electrons. The van der Waals surface area contributed by atoms with E-state index < -0.39 is 17.6 Å². The molecule has 0 saturated heterocycles. The summed E-state index contributed by atoms with van der Waals surface area (Å²) in [7, 11) is 0. The summed E-state index contributed by atoms with van der Waals surface area (Å²) in [5.74, 6) is -0.536. The molecule has 0 spiro atoms. The molecule has 0 aliphatic carbocycles. The molecule has 1 aromatic carbocycles. The first kappa shape index (κ1) is 14.8. The number of ether oxygens (including phenoxy) is 1. The van der Waals surface area contributed by atoms with Gasteiger partial charge in [0.15, 0.2) is 0 Å². The Kier molecular flexibility index (Phi) is 3.79. The molecule has 0 bridgehead atoms. The molecule has 2 aromatic rings. The average Bonchev–Trinajstić information content (AvgIpc) is 2.72. The average molecular weight is 292 g/mol. The van der Waals surface area contributed by atoms with Crippen molar-refractivity contribution >= 4 is 23.0 Å². The number of alkyl carbamates (subject to hydrolysis) is 1. The van der Waals surface area contributed by atoms with E-state index in [0.29, 0.717) is 10.4 Å². The van der Waals surface area contributed by atoms with Gasteiger partial charge in [-0.05, 0) is 32.9 Å². The molecule has 8 nitrogen and oxygen atoms in total. The van der Waals surface area contributed by atoms with Crippen molar-refractivity contribution < 1.29 is 19.2 Å². The van der Waals surface area contributed by atoms with Gasteiger partial charge in [0.05, 0.1) is 0 Å². The molecule has 1 aromatic heterocycles. The first-order chi connectivity index (χ1) is 9.78. The number of nitrogens with one attached hydrogen (secondary N) is 1. The smallest absolute Gasteiger partial charge is 0.408 e. The topological polar surface area (TPSA) is 100 Å². The van der Waals surface area contributed by atoms with Crippen LogP contribution in [0.2, 0.25) is 0 Å². The highest BCUT2D eigenvalue weighted by Crippen LogP contribution is 2.08. The Bertz CT molecular complexity index is 687. The fourth-order valence-corrected chi connectivity index (χ4v) is 1.70. The van der Waals surface area contributed by atoms with Crippen molar-refractivity contribution in [2.45, 2.75) is 26.4 Å². The minimum Gasteiger partial charge on any atom is -0.691 e. The Hall–Kier alpha value is -2.64. The lowest BCUT2D eigenvalue weighted by Gasteiger charge is -2.19. The lowest BCUT2D eigenvalue weighted by Crippen LogP contribution is -2.38. The molecule has 0 atom stereocenters. The second-order valence-electron chi connectivity index (χ2n) is 5.41. The largest absolute Gasteiger partial charge is 0.691 e. The van der Waals surface area contributed by atoms with Crippen LogP contribution in [0.3, 0.4) is 0 Å². The van der Waals surface area contributed by atoms with Crippen LogP contribution in [0, 0.1) is 5.21 Å². The third-order valence-corrected chi connectivity index (χ3v) is 2.51. The molecule has 1 N–H and O–H groups in total. The van der Waals surface area contributed by atoms with Crippen molar-refractivity contribution in [2.75, 3.05) is 6.54 Å². The first-order valence-electron chi connectivity index (χ1n) is 6.35. The van der Waals surface area contributed by atoms with Gasteiger partial charge >= 0.3 is 12.0 Å². The van der Waals surface area contributed by atoms with Gasteiger partial charge in [0.25, 0.3) is 0 Å². The van der Waals surface area contributed by atoms with Crippen LogP contribution in [0.25, 0.3) is 11.0 Å². The van der Waals surface area contributed by atoms with Gasteiger partial charge in [-0.15, -0.1) is 4.85 Å². The third kappa shape index (κ3) is 3.47. The lowest BCUT2D eigenvalue weighted by molar-refractivity contribution is -0.645. The monoisotopic (exact) mass is 292 g/mol. The highest BCUT2D eigenvalue weighted by atomic mass is 16.6. The van der Waals surface area contributed by atoms with Crippen molar-refractivity contribution in [2.24, 2.45) is 0 Å². The van der Waals surface area contributed by atoms with Crippen molar-refractivity contribution in [1.82, 2.24) is 15.2 Å². The molecule has 112 valence electrons. The summed E-state index contributed by atoms with van der Waals surface area (Å²) in [6.45, 7) is 4.84. The summed E-state index contributed by atoms with van der Waals surface area (Å²) in [6.07, 6.45) is -0.706. The zero-order chi connectivity index (χ0) is 15.6. The number of hydrogen-bond donors (Lipinski definition) is 1. The van der Waals surface area contributed by atoms with Gasteiger partial charge in [0.2, 0.25) is 11.0 Å². The summed E-state index contributed by atoms with van der Waals surface area (Å²) in [4.78, 5) is 23.9. The highest BCUT2D eigenvalue weighted by molar-refractivity contribution is 5.90. The van der Waals surface area contributed by atoms with E-state index in [2.05, 4.69) is 10.5 Å². The number of benzene rings is 1. The maximum absolute atomic E-state index is 12.0. The minimum absolute atomic E-state index is 0.281. The van der Waals surface area contributed by atoms with Crippen LogP contribution in [0.1, 0.15) is 25.6 Å². The van der Waals surface area contributed by atoms with Gasteiger partial charge in [-0.1, -0.05) is 16.8 Å². The van der Waals surface area contributed by atoms with Gasteiger partial charge in [-0.25, -0.2) is 9.59 Å². The van der Waals surface area contributed by atoms with E-state index in [1.54, 1.807) is 45.0 Å². The molecule has 0 fully saturated rings. The number of nitrogens with zero attached hydrogens (tertiary/aromatic N) is 3. The second-order valence-corrected chi connectivity index (χ2v) is 5.41. The van der Waals surface area contributed by atoms with Crippen LogP contribution in [0.4, 0.5) is 4.79 Å². The third-order valence-electron chi connectivity index (χ3n) is 2.51. The quantitative estimate of drug-likeness (QED) is 0.653. The van der Waals surface area contributed by atoms with E-state index in [4.69, 9.17) is 4.74 Å². The normalized spacial score (nSPS) is 11.4. The first-order valence-corrected chi connectivity index (χ1v) is 6.35. The Labute approximate surface area is 120 Å². The highest BCUT2D eigenvalue weighted by Gasteiger charge is 2.22. The van der Waals surface area contributed by atoms with E-state index in [1.807, 2.05) is 0 Å². The van der Waals surface area contributed by atoms with Crippen LogP contribution in [0.5, 0.6) is 0 Å². The summed E-state index contributed by atoms with van der Waals surface area (Å²) >= 11 is 0. The number of fused-ring (bicyclic) bond motifs is 1. The predicted octanol–water partition coefficient (Wildman–Crippen LogP) is 0.835. The lowest BCUT2D eigenvalue weighted by atomic mass is 10.2. The van der Waals surface area contributed by atoms with Crippen molar-refractivity contribution in [3.05, 3.63) is 29.5 Å². The van der Waals surface area contributed by atoms with Crippen LogP contribution in [0.15, 0.2) is 24.3 Å². The zero-order valence-electron chi connectivity index (χ0n) is 12.0. The molecule has 21 heavy (non-hydrogen) atoms. The number of aromatic nitrogens is 3. The SMILES string of the molecule is CC(C)(C)OC(=O)NCC(=O)n1n[n+]([O-])c2ccccc21.